The third-order valence-corrected chi connectivity index (χ3v) is 1.76. The van der Waals surface area contributed by atoms with E-state index in [1.807, 2.05) is 0 Å². The second kappa shape index (κ2) is 7.17. The number of carbonyl (C=O) groups excluding carboxylic acids is 1. The fourth-order valence-electron chi connectivity index (χ4n) is 0.755. The van der Waals surface area contributed by atoms with Gasteiger partial charge in [0.2, 0.25) is 0 Å². The van der Waals surface area contributed by atoms with E-state index < -0.39 is 0 Å². The molecule has 0 rings (SSSR count). The number of halogens is 1. The number of hydrogen-bond donors (Lipinski definition) is 0. The van der Waals surface area contributed by atoms with Gasteiger partial charge < -0.3 is 4.74 Å². The van der Waals surface area contributed by atoms with E-state index in [1.54, 1.807) is 0 Å². The highest BCUT2D eigenvalue weighted by molar-refractivity contribution is 6.19. The van der Waals surface area contributed by atoms with Crippen molar-refractivity contribution in [3.63, 3.8) is 0 Å². The Morgan fingerprint density at radius 1 is 1.58 bits per heavy atom. The van der Waals surface area contributed by atoms with Crippen LogP contribution in [0.2, 0.25) is 0 Å². The van der Waals surface area contributed by atoms with Crippen molar-refractivity contribution in [2.24, 2.45) is 0 Å². The molecule has 0 saturated carbocycles. The Labute approximate surface area is 78.5 Å². The topological polar surface area (TPSA) is 26.3 Å². The summed E-state index contributed by atoms with van der Waals surface area (Å²) in [5, 5.41) is 0. The zero-order chi connectivity index (χ0) is 9.40. The van der Waals surface area contributed by atoms with E-state index in [0.717, 1.165) is 12.8 Å². The van der Waals surface area contributed by atoms with Crippen molar-refractivity contribution in [1.29, 1.82) is 0 Å². The quantitative estimate of drug-likeness (QED) is 0.366. The van der Waals surface area contributed by atoms with E-state index in [1.165, 1.54) is 13.2 Å². The maximum absolute atomic E-state index is 11.1. The molecule has 0 aliphatic rings. The molecule has 0 atom stereocenters. The van der Waals surface area contributed by atoms with Crippen LogP contribution in [0.3, 0.4) is 0 Å². The Bertz CT molecular complexity index is 158. The van der Waals surface area contributed by atoms with Crippen LogP contribution in [0.15, 0.2) is 11.8 Å². The van der Waals surface area contributed by atoms with Crippen molar-refractivity contribution in [2.75, 3.05) is 13.0 Å². The maximum atomic E-state index is 11.1. The Morgan fingerprint density at radius 3 is 2.67 bits per heavy atom. The predicted octanol–water partition coefficient (Wildman–Crippen LogP) is 2.51. The predicted molar refractivity (Wildman–Crippen MR) is 50.3 cm³/mol. The van der Waals surface area contributed by atoms with Crippen LogP contribution in [-0.4, -0.2) is 18.8 Å². The van der Waals surface area contributed by atoms with Crippen LogP contribution in [0.25, 0.3) is 0 Å². The summed E-state index contributed by atoms with van der Waals surface area (Å²) in [6, 6.07) is 0. The zero-order valence-electron chi connectivity index (χ0n) is 7.60. The number of alkyl halides is 1. The van der Waals surface area contributed by atoms with Crippen LogP contribution in [0.5, 0.6) is 0 Å². The summed E-state index contributed by atoms with van der Waals surface area (Å²) in [5.41, 5.74) is 0. The number of ketones is 1. The Kier molecular flexibility index (Phi) is 6.87. The van der Waals surface area contributed by atoms with Gasteiger partial charge in [-0.15, -0.1) is 11.6 Å². The number of carbonyl (C=O) groups is 1. The Hall–Kier alpha value is -0.500. The molecule has 0 N–H and O–H groups in total. The van der Waals surface area contributed by atoms with Gasteiger partial charge in [-0.05, 0) is 6.42 Å². The third-order valence-electron chi connectivity index (χ3n) is 1.49. The smallest absolute Gasteiger partial charge is 0.159 e. The van der Waals surface area contributed by atoms with Gasteiger partial charge in [0.1, 0.15) is 5.76 Å². The average Bonchev–Trinajstić information content (AvgIpc) is 2.10. The number of ether oxygens (including phenoxy) is 1. The molecule has 0 unspecified atom stereocenters. The Morgan fingerprint density at radius 2 is 2.25 bits per heavy atom. The summed E-state index contributed by atoms with van der Waals surface area (Å²) in [6.45, 7) is 2.05. The molecule has 2 nitrogen and oxygen atoms in total. The minimum absolute atomic E-state index is 0.0920. The summed E-state index contributed by atoms with van der Waals surface area (Å²) in [7, 11) is 1.52. The Balaban J connectivity index is 3.85. The van der Waals surface area contributed by atoms with Gasteiger partial charge in [-0.3, -0.25) is 4.79 Å². The van der Waals surface area contributed by atoms with Gasteiger partial charge >= 0.3 is 0 Å². The molecule has 0 aromatic rings. The fraction of sp³-hybridized carbons (Fsp3) is 0.667. The molecular formula is C9H15ClO2. The van der Waals surface area contributed by atoms with Gasteiger partial charge in [0.05, 0.1) is 13.0 Å². The third kappa shape index (κ3) is 5.19. The molecule has 0 aromatic carbocycles. The SMILES string of the molecule is CCCCC(=O)C=C(CCl)OC. The number of unbranched alkanes of at least 4 members (excludes halogenated alkanes) is 1. The summed E-state index contributed by atoms with van der Waals surface area (Å²) in [4.78, 5) is 11.1. The first-order chi connectivity index (χ1) is 5.74. The van der Waals surface area contributed by atoms with E-state index in [4.69, 9.17) is 16.3 Å². The standard InChI is InChI=1S/C9H15ClO2/c1-3-4-5-8(11)6-9(7-10)12-2/h6H,3-5,7H2,1-2H3. The molecule has 12 heavy (non-hydrogen) atoms. The van der Waals surface area contributed by atoms with Crippen LogP contribution in [0.1, 0.15) is 26.2 Å². The fourth-order valence-corrected chi connectivity index (χ4v) is 0.941. The molecule has 0 saturated heterocycles. The van der Waals surface area contributed by atoms with E-state index in [2.05, 4.69) is 6.92 Å². The average molecular weight is 191 g/mol. The van der Waals surface area contributed by atoms with Crippen molar-refractivity contribution < 1.29 is 9.53 Å². The van der Waals surface area contributed by atoms with Crippen LogP contribution in [0, 0.1) is 0 Å². The van der Waals surface area contributed by atoms with E-state index >= 15 is 0 Å². The number of methoxy groups -OCH3 is 1. The minimum Gasteiger partial charge on any atom is -0.500 e. The lowest BCUT2D eigenvalue weighted by Gasteiger charge is -2.00. The molecule has 3 heteroatoms. The minimum atomic E-state index is 0.0920. The summed E-state index contributed by atoms with van der Waals surface area (Å²) >= 11 is 5.50. The highest BCUT2D eigenvalue weighted by Crippen LogP contribution is 2.02. The van der Waals surface area contributed by atoms with Gasteiger partial charge in [-0.2, -0.15) is 0 Å². The molecule has 0 amide bonds. The zero-order valence-corrected chi connectivity index (χ0v) is 8.36. The summed E-state index contributed by atoms with van der Waals surface area (Å²) in [6.07, 6.45) is 4.01. The van der Waals surface area contributed by atoms with Crippen LogP contribution >= 0.6 is 11.6 Å². The summed E-state index contributed by atoms with van der Waals surface area (Å²) in [5.74, 6) is 0.890. The number of allylic oxidation sites excluding steroid dienone is 2. The van der Waals surface area contributed by atoms with E-state index in [-0.39, 0.29) is 11.7 Å². The van der Waals surface area contributed by atoms with E-state index in [0.29, 0.717) is 12.2 Å². The van der Waals surface area contributed by atoms with E-state index in [9.17, 15) is 4.79 Å². The lowest BCUT2D eigenvalue weighted by atomic mass is 10.2. The van der Waals surface area contributed by atoms with Crippen LogP contribution < -0.4 is 0 Å². The van der Waals surface area contributed by atoms with Gasteiger partial charge in [-0.25, -0.2) is 0 Å². The first-order valence-corrected chi connectivity index (χ1v) is 4.61. The monoisotopic (exact) mass is 190 g/mol. The highest BCUT2D eigenvalue weighted by atomic mass is 35.5. The van der Waals surface area contributed by atoms with Gasteiger partial charge in [0, 0.05) is 12.5 Å². The normalized spacial score (nSPS) is 11.4. The van der Waals surface area contributed by atoms with Crippen molar-refractivity contribution in [3.05, 3.63) is 11.8 Å². The molecule has 0 heterocycles. The first kappa shape index (κ1) is 11.5. The molecule has 0 spiro atoms. The molecule has 0 aromatic heterocycles. The molecular weight excluding hydrogens is 176 g/mol. The van der Waals surface area contributed by atoms with Gasteiger partial charge in [-0.1, -0.05) is 13.3 Å². The van der Waals surface area contributed by atoms with Crippen molar-refractivity contribution in [2.45, 2.75) is 26.2 Å². The van der Waals surface area contributed by atoms with Crippen LogP contribution in [0.4, 0.5) is 0 Å². The molecule has 0 fully saturated rings. The highest BCUT2D eigenvalue weighted by Gasteiger charge is 2.00. The largest absolute Gasteiger partial charge is 0.500 e. The number of hydrogen-bond acceptors (Lipinski definition) is 2. The van der Waals surface area contributed by atoms with Crippen molar-refractivity contribution in [3.8, 4) is 0 Å². The number of rotatable bonds is 6. The van der Waals surface area contributed by atoms with Gasteiger partial charge in [0.25, 0.3) is 0 Å². The van der Waals surface area contributed by atoms with Crippen molar-refractivity contribution >= 4 is 17.4 Å². The lowest BCUT2D eigenvalue weighted by molar-refractivity contribution is -0.114. The molecule has 0 radical (unpaired) electrons. The second-order valence-corrected chi connectivity index (χ2v) is 2.79. The van der Waals surface area contributed by atoms with Crippen LogP contribution in [-0.2, 0) is 9.53 Å². The van der Waals surface area contributed by atoms with Crippen molar-refractivity contribution in [1.82, 2.24) is 0 Å². The molecule has 0 aliphatic carbocycles. The summed E-state index contributed by atoms with van der Waals surface area (Å²) < 4.78 is 4.86. The second-order valence-electron chi connectivity index (χ2n) is 2.52. The lowest BCUT2D eigenvalue weighted by Crippen LogP contribution is -1.97. The molecule has 0 aliphatic heterocycles. The molecule has 70 valence electrons. The van der Waals surface area contributed by atoms with Gasteiger partial charge in [0.15, 0.2) is 5.78 Å². The first-order valence-electron chi connectivity index (χ1n) is 4.08. The molecule has 0 bridgehead atoms. The maximum Gasteiger partial charge on any atom is 0.159 e.